The van der Waals surface area contributed by atoms with Gasteiger partial charge in [-0.3, -0.25) is 9.59 Å². The molecule has 38 heavy (non-hydrogen) atoms. The molecule has 0 radical (unpaired) electrons. The lowest BCUT2D eigenvalue weighted by atomic mass is 10.0. The van der Waals surface area contributed by atoms with E-state index in [1.54, 1.807) is 10.00 Å². The summed E-state index contributed by atoms with van der Waals surface area (Å²) < 4.78 is 94.7. The molecule has 17 heteroatoms. The van der Waals surface area contributed by atoms with Crippen molar-refractivity contribution in [1.82, 2.24) is 25.1 Å². The van der Waals surface area contributed by atoms with E-state index in [-0.39, 0.29) is 50.8 Å². The number of carbonyl (C=O) groups excluding carboxylic acids is 1. The number of alkyl halides is 6. The molecular formula is C21H22F6N6O5. The van der Waals surface area contributed by atoms with Gasteiger partial charge in [0.05, 0.1) is 12.2 Å². The Hall–Kier alpha value is -3.47. The Morgan fingerprint density at radius 1 is 1.11 bits per heavy atom. The van der Waals surface area contributed by atoms with E-state index in [2.05, 4.69) is 15.1 Å². The zero-order valence-corrected chi connectivity index (χ0v) is 19.8. The molecule has 1 saturated heterocycles. The molecule has 0 saturated carbocycles. The Morgan fingerprint density at radius 3 is 2.34 bits per heavy atom. The number of anilines is 1. The van der Waals surface area contributed by atoms with Crippen LogP contribution in [0.3, 0.4) is 0 Å². The lowest BCUT2D eigenvalue weighted by Crippen LogP contribution is -2.50. The molecule has 1 fully saturated rings. The number of methoxy groups -OCH3 is 1. The van der Waals surface area contributed by atoms with Crippen LogP contribution in [-0.4, -0.2) is 83.6 Å². The van der Waals surface area contributed by atoms with Crippen LogP contribution in [-0.2, 0) is 26.6 Å². The third kappa shape index (κ3) is 5.98. The van der Waals surface area contributed by atoms with Gasteiger partial charge in [0.1, 0.15) is 24.5 Å². The van der Waals surface area contributed by atoms with Gasteiger partial charge in [-0.05, 0) is 0 Å². The quantitative estimate of drug-likeness (QED) is 0.535. The maximum atomic E-state index is 13.5. The zero-order valence-electron chi connectivity index (χ0n) is 19.8. The van der Waals surface area contributed by atoms with E-state index in [1.165, 1.54) is 12.0 Å². The molecular weight excluding hydrogens is 530 g/mol. The van der Waals surface area contributed by atoms with E-state index >= 15 is 0 Å². The Labute approximate surface area is 210 Å². The van der Waals surface area contributed by atoms with Gasteiger partial charge in [-0.1, -0.05) is 0 Å². The fraction of sp³-hybridized carbons (Fsp3) is 0.571. The van der Waals surface area contributed by atoms with Crippen LogP contribution in [0.1, 0.15) is 29.3 Å². The molecule has 2 aliphatic rings. The Bertz CT molecular complexity index is 1200. The van der Waals surface area contributed by atoms with Gasteiger partial charge in [0.25, 0.3) is 5.56 Å². The number of hydrogen-bond donors (Lipinski definition) is 1. The van der Waals surface area contributed by atoms with E-state index in [0.717, 1.165) is 0 Å². The lowest BCUT2D eigenvalue weighted by molar-refractivity contribution is -0.145. The number of nitrogens with zero attached hydrogens (tertiary/aromatic N) is 5. The topological polar surface area (TPSA) is 123 Å². The van der Waals surface area contributed by atoms with Crippen molar-refractivity contribution in [2.75, 3.05) is 51.4 Å². The first-order chi connectivity index (χ1) is 17.9. The zero-order chi connectivity index (χ0) is 27.7. The van der Waals surface area contributed by atoms with Crippen LogP contribution in [0.2, 0.25) is 0 Å². The predicted octanol–water partition coefficient (Wildman–Crippen LogP) is 1.80. The first-order valence-corrected chi connectivity index (χ1v) is 11.3. The minimum atomic E-state index is -5.02. The fourth-order valence-electron chi connectivity index (χ4n) is 4.09. The van der Waals surface area contributed by atoms with Crippen LogP contribution in [0.5, 0.6) is 5.75 Å². The van der Waals surface area contributed by atoms with Crippen molar-refractivity contribution in [3.05, 3.63) is 39.6 Å². The fourth-order valence-corrected chi connectivity index (χ4v) is 4.09. The van der Waals surface area contributed by atoms with Crippen LogP contribution < -0.4 is 15.2 Å². The number of fused-ring (bicyclic) bond motifs is 1. The van der Waals surface area contributed by atoms with E-state index in [0.29, 0.717) is 12.4 Å². The van der Waals surface area contributed by atoms with Gasteiger partial charge in [0, 0.05) is 52.1 Å². The summed E-state index contributed by atoms with van der Waals surface area (Å²) in [5.41, 5.74) is -4.29. The average Bonchev–Trinajstić information content (AvgIpc) is 2.86. The molecule has 0 bridgehead atoms. The van der Waals surface area contributed by atoms with Crippen molar-refractivity contribution in [1.29, 1.82) is 0 Å². The molecule has 208 valence electrons. The Balaban J connectivity index is 1.39. The largest absolute Gasteiger partial charge is 0.485 e. The monoisotopic (exact) mass is 552 g/mol. The summed E-state index contributed by atoms with van der Waals surface area (Å²) in [5.74, 6) is -1.14. The molecule has 2 aromatic rings. The highest BCUT2D eigenvalue weighted by Gasteiger charge is 2.44. The van der Waals surface area contributed by atoms with Crippen LogP contribution >= 0.6 is 0 Å². The molecule has 2 aromatic heterocycles. The number of piperazine rings is 1. The Kier molecular flexibility index (Phi) is 7.78. The molecule has 2 aliphatic heterocycles. The van der Waals surface area contributed by atoms with Gasteiger partial charge in [-0.25, -0.2) is 15.1 Å². The summed E-state index contributed by atoms with van der Waals surface area (Å²) in [5, 5.41) is 5.48. The summed E-state index contributed by atoms with van der Waals surface area (Å²) in [6.07, 6.45) is -10.2. The third-order valence-electron chi connectivity index (χ3n) is 5.96. The van der Waals surface area contributed by atoms with Gasteiger partial charge in [0.15, 0.2) is 11.3 Å². The first kappa shape index (κ1) is 27.6. The Morgan fingerprint density at radius 2 is 1.76 bits per heavy atom. The van der Waals surface area contributed by atoms with Gasteiger partial charge < -0.3 is 24.0 Å². The molecule has 2 atom stereocenters. The highest BCUT2D eigenvalue weighted by Crippen LogP contribution is 2.42. The second-order valence-electron chi connectivity index (χ2n) is 8.51. The summed E-state index contributed by atoms with van der Waals surface area (Å²) >= 11 is 0. The van der Waals surface area contributed by atoms with E-state index < -0.39 is 59.5 Å². The van der Waals surface area contributed by atoms with Crippen LogP contribution in [0.15, 0.2) is 17.2 Å². The number of carbonyl (C=O) groups is 1. The number of rotatable bonds is 6. The van der Waals surface area contributed by atoms with Crippen molar-refractivity contribution < 1.29 is 45.3 Å². The highest BCUT2D eigenvalue weighted by atomic mass is 19.4. The van der Waals surface area contributed by atoms with Gasteiger partial charge in [0.2, 0.25) is 11.9 Å². The van der Waals surface area contributed by atoms with Crippen molar-refractivity contribution in [3.63, 3.8) is 0 Å². The predicted molar refractivity (Wildman–Crippen MR) is 115 cm³/mol. The van der Waals surface area contributed by atoms with E-state index in [4.69, 9.17) is 14.2 Å². The van der Waals surface area contributed by atoms with Crippen LogP contribution in [0.4, 0.5) is 32.3 Å². The maximum Gasteiger partial charge on any atom is 0.425 e. The summed E-state index contributed by atoms with van der Waals surface area (Å²) in [7, 11) is 1.33. The minimum Gasteiger partial charge on any atom is -0.485 e. The average molecular weight is 552 g/mol. The van der Waals surface area contributed by atoms with Gasteiger partial charge in [-0.15, -0.1) is 0 Å². The molecule has 0 aliphatic carbocycles. The number of amides is 1. The number of nitrogens with one attached hydrogen (secondary N) is 1. The molecule has 0 unspecified atom stereocenters. The number of hydrogen-bond acceptors (Lipinski definition) is 9. The van der Waals surface area contributed by atoms with Gasteiger partial charge >= 0.3 is 12.4 Å². The lowest BCUT2D eigenvalue weighted by Gasteiger charge is -2.35. The molecule has 0 aromatic carbocycles. The molecule has 11 nitrogen and oxygen atoms in total. The second-order valence-corrected chi connectivity index (χ2v) is 8.51. The summed E-state index contributed by atoms with van der Waals surface area (Å²) in [6.45, 7) is 0.268. The second kappa shape index (κ2) is 10.7. The minimum absolute atomic E-state index is 0.0174. The third-order valence-corrected chi connectivity index (χ3v) is 5.96. The molecule has 1 N–H and O–H groups in total. The van der Waals surface area contributed by atoms with Crippen LogP contribution in [0, 0.1) is 0 Å². The summed E-state index contributed by atoms with van der Waals surface area (Å²) in [4.78, 5) is 35.2. The van der Waals surface area contributed by atoms with E-state index in [9.17, 15) is 35.9 Å². The standard InChI is InChI=1S/C21H22F6N6O5/c1-36-9-12-6-13(16-17(38-12)15(21(25,26)27)18(35)31-30-16)37-10-14(34)32-2-4-33(5-3-32)19-28-7-11(8-29-19)20(22,23)24/h7-8,12-13H,2-6,9-10H2,1H3,(H,31,35)/t12-,13-/m0/s1. The smallest absolute Gasteiger partial charge is 0.425 e. The molecule has 1 amide bonds. The molecule has 4 heterocycles. The summed E-state index contributed by atoms with van der Waals surface area (Å²) in [6, 6.07) is 0. The number of halogens is 6. The maximum absolute atomic E-state index is 13.5. The molecule has 0 spiro atoms. The molecule has 4 rings (SSSR count). The van der Waals surface area contributed by atoms with Crippen molar-refractivity contribution in [2.45, 2.75) is 31.0 Å². The number of H-pyrrole nitrogens is 1. The highest BCUT2D eigenvalue weighted by molar-refractivity contribution is 5.77. The number of ether oxygens (including phenoxy) is 3. The normalized spacial score (nSPS) is 20.2. The van der Waals surface area contributed by atoms with E-state index in [1.807, 2.05) is 0 Å². The van der Waals surface area contributed by atoms with Crippen LogP contribution in [0.25, 0.3) is 0 Å². The van der Waals surface area contributed by atoms with Crippen molar-refractivity contribution in [2.24, 2.45) is 0 Å². The SMILES string of the molecule is COC[C@@H]1C[C@H](OCC(=O)N2CCN(c3ncc(C(F)(F)F)cn3)CC2)c2n[nH]c(=O)c(C(F)(F)F)c2O1. The van der Waals surface area contributed by atoms with Crippen molar-refractivity contribution >= 4 is 11.9 Å². The van der Waals surface area contributed by atoms with Gasteiger partial charge in [-0.2, -0.15) is 31.4 Å². The van der Waals surface area contributed by atoms with Crippen molar-refractivity contribution in [3.8, 4) is 5.75 Å². The number of aromatic amines is 1. The first-order valence-electron chi connectivity index (χ1n) is 11.3. The number of aromatic nitrogens is 4.